The van der Waals surface area contributed by atoms with Crippen LogP contribution >= 0.6 is 0 Å². The van der Waals surface area contributed by atoms with Gasteiger partial charge in [0.15, 0.2) is 0 Å². The number of nitrogens with zero attached hydrogens (tertiary/aromatic N) is 3. The van der Waals surface area contributed by atoms with E-state index in [1.54, 1.807) is 6.33 Å². The number of rotatable bonds is 11. The summed E-state index contributed by atoms with van der Waals surface area (Å²) in [5.41, 5.74) is 6.25. The Labute approximate surface area is 227 Å². The molecule has 2 aromatic heterocycles. The first-order valence-corrected chi connectivity index (χ1v) is 15.2. The molecule has 0 saturated heterocycles. The molecule has 202 valence electrons. The van der Waals surface area contributed by atoms with E-state index in [4.69, 9.17) is 4.98 Å². The lowest BCUT2D eigenvalue weighted by atomic mass is 9.81. The van der Waals surface area contributed by atoms with Crippen LogP contribution in [-0.2, 0) is 24.1 Å². The van der Waals surface area contributed by atoms with Crippen molar-refractivity contribution in [2.24, 2.45) is 11.8 Å². The van der Waals surface area contributed by atoms with E-state index in [1.807, 2.05) is 6.20 Å². The molecule has 3 aromatic rings. The lowest BCUT2D eigenvalue weighted by molar-refractivity contribution is -0.119. The monoisotopic (exact) mass is 512 g/mol. The lowest BCUT2D eigenvalue weighted by Crippen LogP contribution is -2.14. The zero-order valence-corrected chi connectivity index (χ0v) is 23.0. The fraction of sp³-hybridized carbons (Fsp3) is 0.576. The number of nitrogens with one attached hydrogen (secondary N) is 1. The number of unbranched alkanes of at least 4 members (excludes halogenated alkanes) is 1. The highest BCUT2D eigenvalue weighted by molar-refractivity contribution is 5.79. The van der Waals surface area contributed by atoms with Gasteiger partial charge in [0.1, 0.15) is 12.1 Å². The highest BCUT2D eigenvalue weighted by Crippen LogP contribution is 2.32. The Morgan fingerprint density at radius 2 is 1.79 bits per heavy atom. The SMILES string of the molecule is O=C(CCCCc1ccc2[nH]ncc2c1)CCCC1CCCC(Cc2ncnc3c2C=CCCC3)CCC1. The van der Waals surface area contributed by atoms with Gasteiger partial charge in [-0.2, -0.15) is 5.10 Å². The van der Waals surface area contributed by atoms with Crippen LogP contribution in [0.1, 0.15) is 112 Å². The minimum atomic E-state index is 0.458. The minimum absolute atomic E-state index is 0.458. The van der Waals surface area contributed by atoms with E-state index in [2.05, 4.69) is 45.5 Å². The number of H-pyrrole nitrogens is 1. The molecule has 0 aliphatic heterocycles. The Hall–Kier alpha value is -2.82. The second-order valence-corrected chi connectivity index (χ2v) is 11.7. The fourth-order valence-corrected chi connectivity index (χ4v) is 6.57. The molecular weight excluding hydrogens is 468 g/mol. The molecule has 2 aliphatic carbocycles. The number of carbonyl (C=O) groups excluding carboxylic acids is 1. The van der Waals surface area contributed by atoms with Gasteiger partial charge < -0.3 is 0 Å². The van der Waals surface area contributed by atoms with Crippen LogP contribution < -0.4 is 0 Å². The molecule has 0 bridgehead atoms. The van der Waals surface area contributed by atoms with Crippen molar-refractivity contribution in [3.05, 3.63) is 59.3 Å². The number of ketones is 1. The van der Waals surface area contributed by atoms with Crippen LogP contribution in [0.25, 0.3) is 17.0 Å². The Kier molecular flexibility index (Phi) is 9.74. The molecule has 5 heteroatoms. The van der Waals surface area contributed by atoms with E-state index >= 15 is 0 Å². The summed E-state index contributed by atoms with van der Waals surface area (Å²) in [5.74, 6) is 2.01. The molecule has 0 spiro atoms. The molecule has 5 nitrogen and oxygen atoms in total. The van der Waals surface area contributed by atoms with Crippen molar-refractivity contribution in [1.82, 2.24) is 20.2 Å². The number of hydrogen-bond acceptors (Lipinski definition) is 4. The third-order valence-corrected chi connectivity index (χ3v) is 8.79. The highest BCUT2D eigenvalue weighted by Gasteiger charge is 2.20. The molecule has 0 radical (unpaired) electrons. The van der Waals surface area contributed by atoms with Gasteiger partial charge in [-0.3, -0.25) is 9.89 Å². The van der Waals surface area contributed by atoms with Crippen molar-refractivity contribution >= 4 is 22.8 Å². The number of fused-ring (bicyclic) bond motifs is 2. The molecule has 0 unspecified atom stereocenters. The smallest absolute Gasteiger partial charge is 0.132 e. The Morgan fingerprint density at radius 1 is 0.947 bits per heavy atom. The van der Waals surface area contributed by atoms with Gasteiger partial charge in [0.2, 0.25) is 0 Å². The first kappa shape index (κ1) is 26.8. The standard InChI is InChI=1S/C33H44N4O/c38-29(15-5-4-9-27-19-20-31-28(21-27)23-36-37-31)16-8-12-25-10-6-13-26(14-7-11-25)22-33-30-17-2-1-3-18-32(30)34-24-35-33/h2,17,19-21,23-26H,1,3-16,18,22H2,(H,36,37). The van der Waals surface area contributed by atoms with Gasteiger partial charge in [-0.1, -0.05) is 63.2 Å². The zero-order chi connectivity index (χ0) is 26.0. The third kappa shape index (κ3) is 7.61. The molecule has 2 aliphatic rings. The van der Waals surface area contributed by atoms with Crippen molar-refractivity contribution in [2.75, 3.05) is 0 Å². The van der Waals surface area contributed by atoms with Gasteiger partial charge in [-0.25, -0.2) is 9.97 Å². The van der Waals surface area contributed by atoms with Crippen molar-refractivity contribution in [1.29, 1.82) is 0 Å². The van der Waals surface area contributed by atoms with Crippen molar-refractivity contribution in [2.45, 2.75) is 109 Å². The molecule has 0 atom stereocenters. The maximum absolute atomic E-state index is 12.5. The summed E-state index contributed by atoms with van der Waals surface area (Å²) in [6.07, 6.45) is 27.6. The number of Topliss-reactive ketones (excluding diaryl/α,β-unsaturated/α-hetero) is 1. The predicted molar refractivity (Wildman–Crippen MR) is 155 cm³/mol. The van der Waals surface area contributed by atoms with E-state index in [0.29, 0.717) is 5.78 Å². The number of allylic oxidation sites excluding steroid dienone is 1. The summed E-state index contributed by atoms with van der Waals surface area (Å²) in [5, 5.41) is 8.26. The maximum Gasteiger partial charge on any atom is 0.132 e. The normalized spacial score (nSPS) is 20.0. The summed E-state index contributed by atoms with van der Waals surface area (Å²) in [7, 11) is 0. The van der Waals surface area contributed by atoms with Crippen molar-refractivity contribution in [3.8, 4) is 0 Å². The Bertz CT molecular complexity index is 1200. The molecular formula is C33H44N4O. The molecule has 1 aromatic carbocycles. The first-order chi connectivity index (χ1) is 18.7. The molecule has 1 saturated carbocycles. The molecule has 5 rings (SSSR count). The summed E-state index contributed by atoms with van der Waals surface area (Å²) in [6, 6.07) is 6.47. The zero-order valence-electron chi connectivity index (χ0n) is 23.0. The van der Waals surface area contributed by atoms with Crippen LogP contribution in [0, 0.1) is 11.8 Å². The van der Waals surface area contributed by atoms with E-state index in [-0.39, 0.29) is 0 Å². The van der Waals surface area contributed by atoms with E-state index in [9.17, 15) is 4.79 Å². The van der Waals surface area contributed by atoms with Crippen LogP contribution in [0.15, 0.2) is 36.8 Å². The highest BCUT2D eigenvalue weighted by atomic mass is 16.1. The number of carbonyl (C=O) groups is 1. The number of aromatic nitrogens is 4. The summed E-state index contributed by atoms with van der Waals surface area (Å²) >= 11 is 0. The summed E-state index contributed by atoms with van der Waals surface area (Å²) in [4.78, 5) is 21.7. The van der Waals surface area contributed by atoms with Crippen molar-refractivity contribution < 1.29 is 4.79 Å². The molecule has 2 heterocycles. The minimum Gasteiger partial charge on any atom is -0.300 e. The van der Waals surface area contributed by atoms with E-state index < -0.39 is 0 Å². The topological polar surface area (TPSA) is 71.5 Å². The Balaban J connectivity index is 0.962. The largest absolute Gasteiger partial charge is 0.300 e. The number of aryl methyl sites for hydroxylation is 2. The lowest BCUT2D eigenvalue weighted by Gasteiger charge is -2.25. The van der Waals surface area contributed by atoms with Crippen LogP contribution in [0.2, 0.25) is 0 Å². The average Bonchev–Trinajstić information content (AvgIpc) is 3.24. The van der Waals surface area contributed by atoms with E-state index in [1.165, 1.54) is 79.3 Å². The van der Waals surface area contributed by atoms with Gasteiger partial charge in [0.05, 0.1) is 23.1 Å². The van der Waals surface area contributed by atoms with Crippen LogP contribution in [0.3, 0.4) is 0 Å². The molecule has 0 amide bonds. The molecule has 1 N–H and O–H groups in total. The maximum atomic E-state index is 12.5. The van der Waals surface area contributed by atoms with Crippen molar-refractivity contribution in [3.63, 3.8) is 0 Å². The van der Waals surface area contributed by atoms with Gasteiger partial charge in [0, 0.05) is 23.8 Å². The molecule has 1 fully saturated rings. The predicted octanol–water partition coefficient (Wildman–Crippen LogP) is 7.98. The number of hydrogen-bond donors (Lipinski definition) is 1. The van der Waals surface area contributed by atoms with Crippen LogP contribution in [0.4, 0.5) is 0 Å². The summed E-state index contributed by atoms with van der Waals surface area (Å²) in [6.45, 7) is 0. The number of benzene rings is 1. The summed E-state index contributed by atoms with van der Waals surface area (Å²) < 4.78 is 0. The van der Waals surface area contributed by atoms with Gasteiger partial charge >= 0.3 is 0 Å². The second-order valence-electron chi connectivity index (χ2n) is 11.7. The fourth-order valence-electron chi connectivity index (χ4n) is 6.57. The first-order valence-electron chi connectivity index (χ1n) is 15.2. The average molecular weight is 513 g/mol. The third-order valence-electron chi connectivity index (χ3n) is 8.79. The Morgan fingerprint density at radius 3 is 2.68 bits per heavy atom. The second kappa shape index (κ2) is 13.8. The van der Waals surface area contributed by atoms with Gasteiger partial charge in [0.25, 0.3) is 0 Å². The van der Waals surface area contributed by atoms with Gasteiger partial charge in [-0.05, 0) is 80.9 Å². The quantitative estimate of drug-likeness (QED) is 0.264. The van der Waals surface area contributed by atoms with Crippen LogP contribution in [0.5, 0.6) is 0 Å². The van der Waals surface area contributed by atoms with Crippen LogP contribution in [-0.4, -0.2) is 25.9 Å². The van der Waals surface area contributed by atoms with Gasteiger partial charge in [-0.15, -0.1) is 0 Å². The van der Waals surface area contributed by atoms with E-state index in [0.717, 1.165) is 75.1 Å². The number of aromatic amines is 1. The molecule has 38 heavy (non-hydrogen) atoms.